The highest BCUT2D eigenvalue weighted by atomic mass is 19.4. The zero-order valence-corrected chi connectivity index (χ0v) is 8.75. The summed E-state index contributed by atoms with van der Waals surface area (Å²) in [5.74, 6) is -0.233. The van der Waals surface area contributed by atoms with E-state index >= 15 is 0 Å². The maximum atomic E-state index is 11.8. The number of halogens is 3. The van der Waals surface area contributed by atoms with Crippen molar-refractivity contribution in [3.8, 4) is 0 Å². The van der Waals surface area contributed by atoms with Crippen LogP contribution in [-0.4, -0.2) is 51.1 Å². The molecule has 0 amide bonds. The Morgan fingerprint density at radius 2 is 2.00 bits per heavy atom. The quantitative estimate of drug-likeness (QED) is 0.650. The van der Waals surface area contributed by atoms with Gasteiger partial charge >= 0.3 is 6.18 Å². The van der Waals surface area contributed by atoms with Crippen LogP contribution < -0.4 is 0 Å². The number of ether oxygens (including phenoxy) is 3. The first kappa shape index (κ1) is 13.4. The molecule has 1 rings (SSSR count). The Labute approximate surface area is 90.7 Å². The second-order valence-corrected chi connectivity index (χ2v) is 3.42. The summed E-state index contributed by atoms with van der Waals surface area (Å²) in [4.78, 5) is 11.0. The van der Waals surface area contributed by atoms with E-state index < -0.39 is 25.0 Å². The molecule has 0 N–H and O–H groups in total. The monoisotopic (exact) mass is 242 g/mol. The average Bonchev–Trinajstić information content (AvgIpc) is 2.17. The van der Waals surface area contributed by atoms with Gasteiger partial charge < -0.3 is 14.2 Å². The minimum Gasteiger partial charge on any atom is -0.382 e. The zero-order valence-electron chi connectivity index (χ0n) is 8.75. The molecule has 0 saturated heterocycles. The van der Waals surface area contributed by atoms with Crippen LogP contribution >= 0.6 is 0 Å². The second kappa shape index (κ2) is 5.60. The summed E-state index contributed by atoms with van der Waals surface area (Å²) in [5.41, 5.74) is 0. The van der Waals surface area contributed by atoms with Crippen LogP contribution in [0.5, 0.6) is 0 Å². The maximum absolute atomic E-state index is 11.8. The third-order valence-corrected chi connectivity index (χ3v) is 2.10. The van der Waals surface area contributed by atoms with Gasteiger partial charge in [-0.05, 0) is 0 Å². The molecule has 0 aliphatic heterocycles. The van der Waals surface area contributed by atoms with E-state index in [1.165, 1.54) is 7.11 Å². The van der Waals surface area contributed by atoms with Crippen molar-refractivity contribution in [2.75, 3.05) is 26.9 Å². The lowest BCUT2D eigenvalue weighted by atomic mass is 9.90. The topological polar surface area (TPSA) is 44.8 Å². The van der Waals surface area contributed by atoms with Crippen LogP contribution in [0.2, 0.25) is 0 Å². The lowest BCUT2D eigenvalue weighted by Crippen LogP contribution is -2.51. The van der Waals surface area contributed by atoms with Gasteiger partial charge in [0.25, 0.3) is 0 Å². The highest BCUT2D eigenvalue weighted by molar-refractivity contribution is 5.90. The van der Waals surface area contributed by atoms with Gasteiger partial charge in [-0.1, -0.05) is 0 Å². The average molecular weight is 242 g/mol. The van der Waals surface area contributed by atoms with E-state index in [1.807, 2.05) is 0 Å². The van der Waals surface area contributed by atoms with E-state index in [4.69, 9.17) is 4.74 Å². The van der Waals surface area contributed by atoms with Gasteiger partial charge in [-0.15, -0.1) is 0 Å². The van der Waals surface area contributed by atoms with Gasteiger partial charge in [-0.2, -0.15) is 13.2 Å². The minimum absolute atomic E-state index is 0.0201. The highest BCUT2D eigenvalue weighted by Crippen LogP contribution is 2.25. The summed E-state index contributed by atoms with van der Waals surface area (Å²) >= 11 is 0. The van der Waals surface area contributed by atoms with Gasteiger partial charge in [0.1, 0.15) is 12.7 Å². The summed E-state index contributed by atoms with van der Waals surface area (Å²) in [7, 11) is 1.46. The third-order valence-electron chi connectivity index (χ3n) is 2.10. The summed E-state index contributed by atoms with van der Waals surface area (Å²) in [6, 6.07) is 0. The van der Waals surface area contributed by atoms with Crippen molar-refractivity contribution in [1.82, 2.24) is 0 Å². The number of alkyl halides is 3. The van der Waals surface area contributed by atoms with Crippen molar-refractivity contribution < 1.29 is 32.2 Å². The van der Waals surface area contributed by atoms with Crippen LogP contribution in [0, 0.1) is 0 Å². The SMILES string of the molecule is COCCOC1C(=O)CC1OCC(F)(F)F. The van der Waals surface area contributed by atoms with E-state index in [1.54, 1.807) is 0 Å². The van der Waals surface area contributed by atoms with Crippen LogP contribution in [0.4, 0.5) is 13.2 Å². The zero-order chi connectivity index (χ0) is 12.2. The molecule has 0 aromatic rings. The van der Waals surface area contributed by atoms with Gasteiger partial charge in [-0.25, -0.2) is 0 Å². The molecule has 2 unspecified atom stereocenters. The third kappa shape index (κ3) is 4.07. The maximum Gasteiger partial charge on any atom is 0.411 e. The number of carbonyl (C=O) groups excluding carboxylic acids is 1. The molecule has 1 fully saturated rings. The van der Waals surface area contributed by atoms with Gasteiger partial charge in [0.15, 0.2) is 5.78 Å². The molecule has 1 aliphatic rings. The molecule has 1 aliphatic carbocycles. The van der Waals surface area contributed by atoms with Gasteiger partial charge in [-0.3, -0.25) is 4.79 Å². The van der Waals surface area contributed by atoms with E-state index in [0.29, 0.717) is 0 Å². The van der Waals surface area contributed by atoms with Crippen molar-refractivity contribution in [1.29, 1.82) is 0 Å². The summed E-state index contributed by atoms with van der Waals surface area (Å²) in [5, 5.41) is 0. The Hall–Kier alpha value is -0.660. The molecule has 94 valence electrons. The van der Waals surface area contributed by atoms with Crippen molar-refractivity contribution in [3.63, 3.8) is 0 Å². The first-order valence-electron chi connectivity index (χ1n) is 4.75. The molecule has 0 heterocycles. The van der Waals surface area contributed by atoms with Crippen molar-refractivity contribution in [2.24, 2.45) is 0 Å². The predicted molar refractivity (Wildman–Crippen MR) is 47.0 cm³/mol. The molecular formula is C9H13F3O4. The van der Waals surface area contributed by atoms with Crippen molar-refractivity contribution >= 4 is 5.78 Å². The van der Waals surface area contributed by atoms with E-state index in [2.05, 4.69) is 9.47 Å². The Balaban J connectivity index is 2.24. The normalized spacial score (nSPS) is 25.6. The van der Waals surface area contributed by atoms with Crippen LogP contribution in [-0.2, 0) is 19.0 Å². The minimum atomic E-state index is -4.38. The standard InChI is InChI=1S/C9H13F3O4/c1-14-2-3-15-8-6(13)4-7(8)16-5-9(10,11)12/h7-8H,2-5H2,1H3. The number of ketones is 1. The van der Waals surface area contributed by atoms with Crippen LogP contribution in [0.25, 0.3) is 0 Å². The number of Topliss-reactive ketones (excluding diaryl/α,β-unsaturated/α-hetero) is 1. The molecule has 0 spiro atoms. The number of hydrogen-bond donors (Lipinski definition) is 0. The van der Waals surface area contributed by atoms with Crippen LogP contribution in [0.3, 0.4) is 0 Å². The van der Waals surface area contributed by atoms with Gasteiger partial charge in [0.05, 0.1) is 19.3 Å². The lowest BCUT2D eigenvalue weighted by molar-refractivity contribution is -0.213. The highest BCUT2D eigenvalue weighted by Gasteiger charge is 2.43. The van der Waals surface area contributed by atoms with Crippen LogP contribution in [0.15, 0.2) is 0 Å². The largest absolute Gasteiger partial charge is 0.411 e. The molecule has 0 aromatic carbocycles. The van der Waals surface area contributed by atoms with E-state index in [9.17, 15) is 18.0 Å². The fourth-order valence-electron chi connectivity index (χ4n) is 1.27. The van der Waals surface area contributed by atoms with E-state index in [-0.39, 0.29) is 25.4 Å². The Kier molecular flexibility index (Phi) is 4.69. The first-order valence-corrected chi connectivity index (χ1v) is 4.75. The summed E-state index contributed by atoms with van der Waals surface area (Å²) in [6.07, 6.45) is -6.06. The van der Waals surface area contributed by atoms with Crippen molar-refractivity contribution in [2.45, 2.75) is 24.8 Å². The fourth-order valence-corrected chi connectivity index (χ4v) is 1.27. The molecule has 7 heteroatoms. The van der Waals surface area contributed by atoms with Gasteiger partial charge in [0, 0.05) is 13.5 Å². The van der Waals surface area contributed by atoms with Gasteiger partial charge in [0.2, 0.25) is 0 Å². The number of carbonyl (C=O) groups is 1. The van der Waals surface area contributed by atoms with E-state index in [0.717, 1.165) is 0 Å². The molecule has 1 saturated carbocycles. The summed E-state index contributed by atoms with van der Waals surface area (Å²) in [6.45, 7) is -0.899. The number of methoxy groups -OCH3 is 1. The number of rotatable bonds is 6. The first-order chi connectivity index (χ1) is 7.44. The molecule has 2 atom stereocenters. The molecule has 0 radical (unpaired) electrons. The lowest BCUT2D eigenvalue weighted by Gasteiger charge is -2.34. The predicted octanol–water partition coefficient (Wildman–Crippen LogP) is 0.938. The molecular weight excluding hydrogens is 229 g/mol. The molecule has 0 aromatic heterocycles. The summed E-state index contributed by atoms with van der Waals surface area (Å²) < 4.78 is 49.8. The number of hydrogen-bond acceptors (Lipinski definition) is 4. The van der Waals surface area contributed by atoms with Crippen LogP contribution in [0.1, 0.15) is 6.42 Å². The molecule has 16 heavy (non-hydrogen) atoms. The smallest absolute Gasteiger partial charge is 0.382 e. The molecule has 4 nitrogen and oxygen atoms in total. The Morgan fingerprint density at radius 3 is 2.50 bits per heavy atom. The molecule has 0 bridgehead atoms. The second-order valence-electron chi connectivity index (χ2n) is 3.42. The fraction of sp³-hybridized carbons (Fsp3) is 0.889. The Bertz CT molecular complexity index is 241. The Morgan fingerprint density at radius 1 is 1.31 bits per heavy atom. The van der Waals surface area contributed by atoms with Crippen molar-refractivity contribution in [3.05, 3.63) is 0 Å².